The molecule has 1 aliphatic rings. The summed E-state index contributed by atoms with van der Waals surface area (Å²) in [6, 6.07) is 0. The normalized spacial score (nSPS) is 19.7. The number of sulfonamides is 2. The van der Waals surface area contributed by atoms with Crippen LogP contribution in [-0.4, -0.2) is 52.0 Å². The van der Waals surface area contributed by atoms with Crippen LogP contribution in [0.15, 0.2) is 24.4 Å². The van der Waals surface area contributed by atoms with Gasteiger partial charge in [0.05, 0.1) is 19.3 Å². The second kappa shape index (κ2) is 12.2. The fourth-order valence-electron chi connectivity index (χ4n) is 2.78. The smallest absolute Gasteiger partial charge is 0.421 e. The van der Waals surface area contributed by atoms with Gasteiger partial charge in [-0.1, -0.05) is 39.2 Å². The monoisotopic (exact) mass is 502 g/mol. The van der Waals surface area contributed by atoms with Gasteiger partial charge in [-0.15, -0.1) is 0 Å². The molecule has 0 N–H and O–H groups in total. The zero-order valence-electron chi connectivity index (χ0n) is 17.3. The van der Waals surface area contributed by atoms with Gasteiger partial charge in [-0.3, -0.25) is 4.48 Å². The van der Waals surface area contributed by atoms with Crippen molar-refractivity contribution in [2.75, 3.05) is 19.6 Å². The first-order valence-electron chi connectivity index (χ1n) is 9.60. The molecule has 0 aromatic heterocycles. The van der Waals surface area contributed by atoms with Gasteiger partial charge in [-0.05, 0) is 31.4 Å². The van der Waals surface area contributed by atoms with E-state index in [0.29, 0.717) is 0 Å². The van der Waals surface area contributed by atoms with Crippen LogP contribution in [0, 0.1) is 0 Å². The van der Waals surface area contributed by atoms with Crippen molar-refractivity contribution >= 4 is 20.0 Å². The number of alkyl halides is 6. The van der Waals surface area contributed by atoms with Crippen LogP contribution in [0.5, 0.6) is 0 Å². The molecule has 1 atom stereocenters. The predicted octanol–water partition coefficient (Wildman–Crippen LogP) is 5.33. The van der Waals surface area contributed by atoms with Crippen LogP contribution in [0.3, 0.4) is 0 Å². The van der Waals surface area contributed by atoms with Crippen molar-refractivity contribution in [2.45, 2.75) is 63.4 Å². The van der Waals surface area contributed by atoms with E-state index >= 15 is 0 Å². The summed E-state index contributed by atoms with van der Waals surface area (Å²) in [5, 5.41) is 0. The minimum atomic E-state index is -6.72. The van der Waals surface area contributed by atoms with Gasteiger partial charge in [0.1, 0.15) is 6.54 Å². The van der Waals surface area contributed by atoms with Gasteiger partial charge in [0.2, 0.25) is 0 Å². The molecule has 31 heavy (non-hydrogen) atoms. The summed E-state index contributed by atoms with van der Waals surface area (Å²) < 4.78 is 110. The van der Waals surface area contributed by atoms with Crippen molar-refractivity contribution in [3.63, 3.8) is 0 Å². The van der Waals surface area contributed by atoms with Crippen LogP contribution in [0.4, 0.5) is 26.3 Å². The summed E-state index contributed by atoms with van der Waals surface area (Å²) in [6.45, 7) is 8.41. The van der Waals surface area contributed by atoms with E-state index in [4.69, 9.17) is 0 Å². The molecule has 1 rings (SSSR count). The molecular weight excluding hydrogens is 474 g/mol. The molecular formula is C17H28F6N2O4S2. The fraction of sp³-hybridized carbons (Fsp3) is 0.765. The molecule has 0 amide bonds. The van der Waals surface area contributed by atoms with E-state index in [1.54, 1.807) is 0 Å². The first kappa shape index (κ1) is 29.9. The fourth-order valence-corrected chi connectivity index (χ4v) is 4.48. The number of halogens is 6. The van der Waals surface area contributed by atoms with Gasteiger partial charge < -0.3 is 4.13 Å². The first-order valence-corrected chi connectivity index (χ1v) is 12.5. The third-order valence-electron chi connectivity index (χ3n) is 4.28. The number of nitrogens with zero attached hydrogens (tertiary/aromatic N) is 2. The lowest BCUT2D eigenvalue weighted by Crippen LogP contribution is -2.45. The van der Waals surface area contributed by atoms with Crippen molar-refractivity contribution < 1.29 is 47.7 Å². The molecule has 6 nitrogen and oxygen atoms in total. The quantitative estimate of drug-likeness (QED) is 0.230. The van der Waals surface area contributed by atoms with E-state index < -0.39 is 31.1 Å². The molecule has 184 valence electrons. The minimum Gasteiger partial charge on any atom is -0.421 e. The second-order valence-corrected chi connectivity index (χ2v) is 10.4. The lowest BCUT2D eigenvalue weighted by Gasteiger charge is -2.35. The summed E-state index contributed by atoms with van der Waals surface area (Å²) in [4.78, 5) is 0. The summed E-state index contributed by atoms with van der Waals surface area (Å²) in [7, 11) is -13.4. The van der Waals surface area contributed by atoms with Crippen molar-refractivity contribution in [1.82, 2.24) is 0 Å². The van der Waals surface area contributed by atoms with Crippen LogP contribution in [0.25, 0.3) is 4.13 Å². The molecule has 0 bridgehead atoms. The van der Waals surface area contributed by atoms with E-state index in [9.17, 15) is 43.2 Å². The van der Waals surface area contributed by atoms with Gasteiger partial charge in [0.25, 0.3) is 0 Å². The molecule has 0 fully saturated rings. The maximum Gasteiger partial charge on any atom is 0.480 e. The number of hydrogen-bond donors (Lipinski definition) is 0. The lowest BCUT2D eigenvalue weighted by atomic mass is 10.1. The van der Waals surface area contributed by atoms with Crippen LogP contribution >= 0.6 is 0 Å². The Morgan fingerprint density at radius 3 is 1.68 bits per heavy atom. The molecule has 0 aromatic carbocycles. The molecule has 0 aromatic rings. The van der Waals surface area contributed by atoms with Crippen molar-refractivity contribution in [2.24, 2.45) is 0 Å². The third kappa shape index (κ3) is 10.4. The van der Waals surface area contributed by atoms with E-state index in [1.807, 2.05) is 0 Å². The van der Waals surface area contributed by atoms with Crippen LogP contribution in [-0.2, 0) is 20.0 Å². The van der Waals surface area contributed by atoms with Crippen molar-refractivity contribution in [3.8, 4) is 0 Å². The standard InChI is InChI=1S/C15H28N.C2F6NO4S2/c1-3-5-6-7-9-13-16(12-4-2)14-10-8-11-15-16;3-1(4,5)14(10,11)9-15(12,13)2(6,7)8/h8,10-11,14H,3-7,9,12-13,15H2,1-2H3;/q+1;-1. The Kier molecular flexibility index (Phi) is 11.8. The molecule has 0 saturated carbocycles. The molecule has 1 heterocycles. The Hall–Kier alpha value is -1.12. The van der Waals surface area contributed by atoms with Crippen LogP contribution < -0.4 is 0 Å². The van der Waals surface area contributed by atoms with Gasteiger partial charge in [0, 0.05) is 0 Å². The highest BCUT2D eigenvalue weighted by atomic mass is 32.3. The number of rotatable bonds is 10. The maximum atomic E-state index is 11.4. The molecule has 1 aliphatic heterocycles. The average Bonchev–Trinajstić information content (AvgIpc) is 2.60. The van der Waals surface area contributed by atoms with Gasteiger partial charge >= 0.3 is 11.0 Å². The maximum absolute atomic E-state index is 11.4. The van der Waals surface area contributed by atoms with E-state index in [1.165, 1.54) is 62.6 Å². The van der Waals surface area contributed by atoms with E-state index in [-0.39, 0.29) is 0 Å². The number of allylic oxidation sites excluding steroid dienone is 2. The van der Waals surface area contributed by atoms with Gasteiger partial charge in [-0.2, -0.15) is 26.3 Å². The predicted molar refractivity (Wildman–Crippen MR) is 106 cm³/mol. The highest BCUT2D eigenvalue weighted by Gasteiger charge is 2.46. The van der Waals surface area contributed by atoms with Crippen molar-refractivity contribution in [3.05, 3.63) is 28.6 Å². The zero-order valence-corrected chi connectivity index (χ0v) is 18.9. The Morgan fingerprint density at radius 1 is 0.774 bits per heavy atom. The summed E-state index contributed by atoms with van der Waals surface area (Å²) in [5.41, 5.74) is -12.4. The highest BCUT2D eigenvalue weighted by molar-refractivity contribution is 8.13. The minimum absolute atomic E-state index is 0.778. The molecule has 0 aliphatic carbocycles. The highest BCUT2D eigenvalue weighted by Crippen LogP contribution is 2.36. The Labute approximate surface area is 179 Å². The molecule has 0 saturated heterocycles. The van der Waals surface area contributed by atoms with E-state index in [2.05, 4.69) is 38.3 Å². The third-order valence-corrected chi connectivity index (χ3v) is 7.02. The van der Waals surface area contributed by atoms with Gasteiger partial charge in [0.15, 0.2) is 20.0 Å². The summed E-state index contributed by atoms with van der Waals surface area (Å²) >= 11 is 0. The van der Waals surface area contributed by atoms with Crippen LogP contribution in [0.2, 0.25) is 0 Å². The Morgan fingerprint density at radius 2 is 1.29 bits per heavy atom. The molecule has 0 radical (unpaired) electrons. The zero-order chi connectivity index (χ0) is 24.4. The lowest BCUT2D eigenvalue weighted by molar-refractivity contribution is -0.874. The number of unbranched alkanes of at least 4 members (excludes halogenated alkanes) is 4. The summed E-state index contributed by atoms with van der Waals surface area (Å²) in [5.74, 6) is 0. The Bertz CT molecular complexity index is 763. The Balaban J connectivity index is 0.000000582. The average molecular weight is 503 g/mol. The topological polar surface area (TPSA) is 82.4 Å². The SMILES string of the molecule is CCCCCCC[N+]1(CCC)C=CC=CC1.O=S(=O)([N-]S(=O)(=O)C(F)(F)F)C(F)(F)F. The molecule has 1 unspecified atom stereocenters. The van der Waals surface area contributed by atoms with E-state index in [0.717, 1.165) is 4.13 Å². The molecule has 14 heteroatoms. The number of quaternary nitrogens is 1. The number of hydrogen-bond acceptors (Lipinski definition) is 4. The second-order valence-electron chi connectivity index (χ2n) is 6.95. The van der Waals surface area contributed by atoms with Crippen LogP contribution in [0.1, 0.15) is 52.4 Å². The first-order chi connectivity index (χ1) is 14.0. The largest absolute Gasteiger partial charge is 0.480 e. The molecule has 0 spiro atoms. The summed E-state index contributed by atoms with van der Waals surface area (Å²) in [6.07, 6.45) is 17.4. The van der Waals surface area contributed by atoms with Gasteiger partial charge in [-0.25, -0.2) is 16.8 Å². The van der Waals surface area contributed by atoms with Crippen molar-refractivity contribution in [1.29, 1.82) is 0 Å².